The number of anilines is 3. The van der Waals surface area contributed by atoms with E-state index < -0.39 is 11.7 Å². The van der Waals surface area contributed by atoms with E-state index in [-0.39, 0.29) is 22.4 Å². The summed E-state index contributed by atoms with van der Waals surface area (Å²) in [6, 6.07) is 5.81. The monoisotopic (exact) mass is 514 g/mol. The van der Waals surface area contributed by atoms with Gasteiger partial charge in [0.2, 0.25) is 5.95 Å². The molecule has 2 aromatic heterocycles. The highest BCUT2D eigenvalue weighted by Gasteiger charge is 2.37. The predicted molar refractivity (Wildman–Crippen MR) is 133 cm³/mol. The van der Waals surface area contributed by atoms with Crippen LogP contribution < -0.4 is 16.0 Å². The van der Waals surface area contributed by atoms with Crippen molar-refractivity contribution in [3.8, 4) is 10.6 Å². The van der Waals surface area contributed by atoms with Gasteiger partial charge in [-0.2, -0.15) is 13.2 Å². The maximum atomic E-state index is 13.9. The summed E-state index contributed by atoms with van der Waals surface area (Å²) < 4.78 is 41.8. The van der Waals surface area contributed by atoms with Gasteiger partial charge in [0.15, 0.2) is 0 Å². The minimum absolute atomic E-state index is 0.105. The van der Waals surface area contributed by atoms with Gasteiger partial charge >= 0.3 is 6.18 Å². The molecule has 1 fully saturated rings. The lowest BCUT2D eigenvalue weighted by Gasteiger charge is -2.27. The van der Waals surface area contributed by atoms with E-state index in [2.05, 4.69) is 50.0 Å². The maximum Gasteiger partial charge on any atom is 0.420 e. The number of nitrogens with zero attached hydrogens (tertiary/aromatic N) is 3. The maximum absolute atomic E-state index is 13.9. The molecule has 3 N–H and O–H groups in total. The molecule has 188 valence electrons. The number of carbonyl (C=O) groups excluding carboxylic acids is 1. The van der Waals surface area contributed by atoms with Crippen LogP contribution in [-0.2, 0) is 19.1 Å². The highest BCUT2D eigenvalue weighted by atomic mass is 32.1. The first-order valence-corrected chi connectivity index (χ1v) is 12.8. The number of aromatic nitrogens is 2. The van der Waals surface area contributed by atoms with Crippen molar-refractivity contribution in [1.29, 1.82) is 0 Å². The second-order valence-corrected chi connectivity index (χ2v) is 10.6. The largest absolute Gasteiger partial charge is 0.420 e. The van der Waals surface area contributed by atoms with Crippen LogP contribution in [0.4, 0.5) is 29.8 Å². The zero-order valence-corrected chi connectivity index (χ0v) is 20.4. The molecule has 0 atom stereocenters. The Morgan fingerprint density at radius 3 is 2.72 bits per heavy atom. The summed E-state index contributed by atoms with van der Waals surface area (Å²) in [4.78, 5) is 23.3. The fourth-order valence-electron chi connectivity index (χ4n) is 4.82. The van der Waals surface area contributed by atoms with Crippen LogP contribution in [0.2, 0.25) is 0 Å². The van der Waals surface area contributed by atoms with Gasteiger partial charge in [0.1, 0.15) is 10.6 Å². The van der Waals surface area contributed by atoms with Gasteiger partial charge in [-0.25, -0.2) is 9.97 Å². The number of alkyl halides is 3. The van der Waals surface area contributed by atoms with Crippen molar-refractivity contribution in [3.63, 3.8) is 0 Å². The van der Waals surface area contributed by atoms with Crippen molar-refractivity contribution in [2.75, 3.05) is 37.3 Å². The molecule has 0 radical (unpaired) electrons. The van der Waals surface area contributed by atoms with Crippen LogP contribution in [0.1, 0.15) is 51.4 Å². The van der Waals surface area contributed by atoms with Crippen LogP contribution in [0, 0.1) is 0 Å². The number of likely N-dealkylation sites (N-methyl/N-ethyl adjacent to an activating group) is 1. The molecule has 3 aliphatic rings. The van der Waals surface area contributed by atoms with Crippen LogP contribution in [0.3, 0.4) is 0 Å². The number of fused-ring (bicyclic) bond motifs is 2. The molecule has 7 nitrogen and oxygen atoms in total. The number of thiophene rings is 1. The molecule has 3 aromatic rings. The fraction of sp³-hybridized carbons (Fsp3) is 0.400. The molecule has 6 rings (SSSR count). The number of benzene rings is 1. The van der Waals surface area contributed by atoms with E-state index in [1.807, 2.05) is 0 Å². The molecule has 0 spiro atoms. The summed E-state index contributed by atoms with van der Waals surface area (Å²) in [6.45, 7) is 2.80. The van der Waals surface area contributed by atoms with E-state index in [9.17, 15) is 18.0 Å². The van der Waals surface area contributed by atoms with Gasteiger partial charge in [0.05, 0.1) is 16.1 Å². The molecule has 4 heterocycles. The molecular formula is C25H25F3N6OS. The number of nitrogens with one attached hydrogen (secondary N) is 3. The van der Waals surface area contributed by atoms with Gasteiger partial charge in [0, 0.05) is 38.1 Å². The molecule has 0 unspecified atom stereocenters. The standard InChI is InChI=1S/C25H25F3N6OS/c1-34-7-4-14-9-19(16(13-2-3-13)8-15(14)12-34)32-24-31-11-18(25(26,27)28)21(33-24)20-10-17-22(35)29-5-6-30-23(17)36-20/h8-11,13,30H,2-7,12H2,1H3,(H,29,35)(H,31,32,33). The van der Waals surface area contributed by atoms with Crippen LogP contribution in [0.25, 0.3) is 10.6 Å². The first kappa shape index (κ1) is 23.2. The van der Waals surface area contributed by atoms with Gasteiger partial charge in [-0.3, -0.25) is 4.79 Å². The third-order valence-corrected chi connectivity index (χ3v) is 7.94. The number of halogens is 3. The summed E-state index contributed by atoms with van der Waals surface area (Å²) in [7, 11) is 2.10. The van der Waals surface area contributed by atoms with Crippen LogP contribution >= 0.6 is 11.3 Å². The summed E-state index contributed by atoms with van der Waals surface area (Å²) in [5, 5.41) is 9.62. The van der Waals surface area contributed by atoms with Crippen LogP contribution in [-0.4, -0.2) is 47.5 Å². The molecule has 1 saturated carbocycles. The van der Waals surface area contributed by atoms with Gasteiger partial charge in [-0.1, -0.05) is 6.07 Å². The minimum Gasteiger partial charge on any atom is -0.374 e. The highest BCUT2D eigenvalue weighted by molar-refractivity contribution is 7.19. The topological polar surface area (TPSA) is 82.2 Å². The minimum atomic E-state index is -4.64. The summed E-state index contributed by atoms with van der Waals surface area (Å²) in [5.74, 6) is 0.234. The van der Waals surface area contributed by atoms with E-state index in [0.717, 1.165) is 61.1 Å². The Hall–Kier alpha value is -3.18. The van der Waals surface area contributed by atoms with Crippen molar-refractivity contribution >= 4 is 33.9 Å². The molecule has 11 heteroatoms. The Balaban J connectivity index is 1.40. The highest BCUT2D eigenvalue weighted by Crippen LogP contribution is 2.46. The number of rotatable bonds is 4. The second kappa shape index (κ2) is 8.74. The number of carbonyl (C=O) groups is 1. The number of hydrogen-bond donors (Lipinski definition) is 3. The molecule has 36 heavy (non-hydrogen) atoms. The third-order valence-electron chi connectivity index (χ3n) is 6.84. The zero-order valence-electron chi connectivity index (χ0n) is 19.6. The summed E-state index contributed by atoms with van der Waals surface area (Å²) in [5.41, 5.74) is 3.72. The van der Waals surface area contributed by atoms with Crippen molar-refractivity contribution in [2.24, 2.45) is 0 Å². The van der Waals surface area contributed by atoms with Gasteiger partial charge in [-0.15, -0.1) is 11.3 Å². The predicted octanol–water partition coefficient (Wildman–Crippen LogP) is 4.99. The molecule has 1 aromatic carbocycles. The lowest BCUT2D eigenvalue weighted by atomic mass is 9.94. The fourth-order valence-corrected chi connectivity index (χ4v) is 5.91. The Morgan fingerprint density at radius 1 is 1.14 bits per heavy atom. The Bertz CT molecular complexity index is 1350. The SMILES string of the molecule is CN1CCc2cc(Nc3ncc(C(F)(F)F)c(-c4cc5c(s4)NCCNC5=O)n3)c(C3CC3)cc2C1. The van der Waals surface area contributed by atoms with Crippen molar-refractivity contribution in [1.82, 2.24) is 20.2 Å². The lowest BCUT2D eigenvalue weighted by molar-refractivity contribution is -0.137. The van der Waals surface area contributed by atoms with Crippen molar-refractivity contribution in [3.05, 3.63) is 52.2 Å². The molecule has 0 saturated heterocycles. The zero-order chi connectivity index (χ0) is 25.0. The van der Waals surface area contributed by atoms with Crippen molar-refractivity contribution < 1.29 is 18.0 Å². The Kier molecular flexibility index (Phi) is 5.64. The van der Waals surface area contributed by atoms with E-state index >= 15 is 0 Å². The molecule has 1 amide bonds. The average Bonchev–Trinajstić information content (AvgIpc) is 3.62. The van der Waals surface area contributed by atoms with E-state index in [1.165, 1.54) is 17.2 Å². The van der Waals surface area contributed by atoms with Crippen molar-refractivity contribution in [2.45, 2.75) is 37.9 Å². The van der Waals surface area contributed by atoms with Crippen LogP contribution in [0.5, 0.6) is 0 Å². The molecule has 2 aliphatic heterocycles. The van der Waals surface area contributed by atoms with E-state index in [4.69, 9.17) is 0 Å². The quantitative estimate of drug-likeness (QED) is 0.455. The van der Waals surface area contributed by atoms with E-state index in [0.29, 0.717) is 29.6 Å². The Labute approximate surface area is 210 Å². The molecular weight excluding hydrogens is 489 g/mol. The third kappa shape index (κ3) is 4.41. The summed E-state index contributed by atoms with van der Waals surface area (Å²) in [6.07, 6.45) is -0.702. The van der Waals surface area contributed by atoms with Crippen LogP contribution in [0.15, 0.2) is 24.4 Å². The average molecular weight is 515 g/mol. The number of amides is 1. The second-order valence-electron chi connectivity index (χ2n) is 9.59. The first-order chi connectivity index (χ1) is 17.3. The smallest absolute Gasteiger partial charge is 0.374 e. The van der Waals surface area contributed by atoms with Gasteiger partial charge in [0.25, 0.3) is 5.91 Å². The summed E-state index contributed by atoms with van der Waals surface area (Å²) >= 11 is 1.09. The number of hydrogen-bond acceptors (Lipinski definition) is 7. The van der Waals surface area contributed by atoms with Gasteiger partial charge < -0.3 is 20.9 Å². The molecule has 1 aliphatic carbocycles. The molecule has 0 bridgehead atoms. The lowest BCUT2D eigenvalue weighted by Crippen LogP contribution is -2.26. The van der Waals surface area contributed by atoms with E-state index in [1.54, 1.807) is 0 Å². The first-order valence-electron chi connectivity index (χ1n) is 12.0. The Morgan fingerprint density at radius 2 is 1.94 bits per heavy atom. The normalized spacial score (nSPS) is 18.1. The van der Waals surface area contributed by atoms with Gasteiger partial charge in [-0.05, 0) is 61.1 Å².